The molecule has 3 atom stereocenters. The maximum absolute atomic E-state index is 12.9. The van der Waals surface area contributed by atoms with Gasteiger partial charge in [0.05, 0.1) is 16.8 Å². The van der Waals surface area contributed by atoms with Gasteiger partial charge in [0, 0.05) is 13.1 Å². The number of thioether (sulfide) groups is 1. The Bertz CT molecular complexity index is 695. The molecule has 3 amide bonds. The summed E-state index contributed by atoms with van der Waals surface area (Å²) in [6.45, 7) is 1.75. The zero-order valence-electron chi connectivity index (χ0n) is 15.9. The Hall–Kier alpha value is -1.61. The highest BCUT2D eigenvalue weighted by Crippen LogP contribution is 2.62. The van der Waals surface area contributed by atoms with Gasteiger partial charge in [-0.25, -0.2) is 0 Å². The van der Waals surface area contributed by atoms with Crippen molar-refractivity contribution < 1.29 is 29.0 Å². The second kappa shape index (κ2) is 7.02. The highest BCUT2D eigenvalue weighted by Gasteiger charge is 2.61. The molecule has 0 aromatic heterocycles. The van der Waals surface area contributed by atoms with Gasteiger partial charge >= 0.3 is 5.97 Å². The summed E-state index contributed by atoms with van der Waals surface area (Å²) >= 11 is 0.949. The summed E-state index contributed by atoms with van der Waals surface area (Å²) in [6, 6.07) is 0. The van der Waals surface area contributed by atoms with Crippen LogP contribution in [0, 0.1) is 17.3 Å². The SMILES string of the molecule is C[C@H](OC(=O)C12C[C@H]3C[C@@H](CC(O)(C3)C1)C2)C(=O)NCCN1C(=O)CSC1=O. The predicted octanol–water partition coefficient (Wildman–Crippen LogP) is 1.06. The van der Waals surface area contributed by atoms with Crippen LogP contribution in [0.4, 0.5) is 4.79 Å². The van der Waals surface area contributed by atoms with Crippen molar-refractivity contribution in [2.75, 3.05) is 18.8 Å². The van der Waals surface area contributed by atoms with Crippen LogP contribution in [0.2, 0.25) is 0 Å². The van der Waals surface area contributed by atoms with E-state index < -0.39 is 23.0 Å². The van der Waals surface area contributed by atoms with Gasteiger partial charge in [-0.1, -0.05) is 11.8 Å². The minimum Gasteiger partial charge on any atom is -0.452 e. The van der Waals surface area contributed by atoms with Gasteiger partial charge in [-0.3, -0.25) is 24.1 Å². The summed E-state index contributed by atoms with van der Waals surface area (Å²) in [5.41, 5.74) is -1.43. The molecular formula is C19H26N2O6S. The molecule has 4 saturated carbocycles. The zero-order valence-corrected chi connectivity index (χ0v) is 16.8. The zero-order chi connectivity index (χ0) is 20.1. The van der Waals surface area contributed by atoms with Gasteiger partial charge in [0.15, 0.2) is 6.10 Å². The Morgan fingerprint density at radius 1 is 1.29 bits per heavy atom. The molecule has 0 unspecified atom stereocenters. The van der Waals surface area contributed by atoms with E-state index in [4.69, 9.17) is 4.74 Å². The van der Waals surface area contributed by atoms with Crippen LogP contribution in [0.3, 0.4) is 0 Å². The van der Waals surface area contributed by atoms with E-state index in [9.17, 15) is 24.3 Å². The fourth-order valence-corrected chi connectivity index (χ4v) is 6.58. The molecule has 1 saturated heterocycles. The molecule has 154 valence electrons. The van der Waals surface area contributed by atoms with Crippen LogP contribution in [0.15, 0.2) is 0 Å². The van der Waals surface area contributed by atoms with Gasteiger partial charge in [-0.05, 0) is 57.3 Å². The van der Waals surface area contributed by atoms with Crippen molar-refractivity contribution in [3.05, 3.63) is 0 Å². The first-order valence-corrected chi connectivity index (χ1v) is 10.9. The highest BCUT2D eigenvalue weighted by molar-refractivity contribution is 8.14. The van der Waals surface area contributed by atoms with E-state index >= 15 is 0 Å². The lowest BCUT2D eigenvalue weighted by atomic mass is 9.48. The monoisotopic (exact) mass is 410 g/mol. The first kappa shape index (κ1) is 19.7. The van der Waals surface area contributed by atoms with Crippen LogP contribution in [0.5, 0.6) is 0 Å². The van der Waals surface area contributed by atoms with E-state index in [0.717, 1.165) is 48.8 Å². The number of carbonyl (C=O) groups excluding carboxylic acids is 4. The molecular weight excluding hydrogens is 384 g/mol. The lowest BCUT2D eigenvalue weighted by Gasteiger charge is -2.58. The third kappa shape index (κ3) is 3.54. The molecule has 0 spiro atoms. The summed E-state index contributed by atoms with van der Waals surface area (Å²) in [4.78, 5) is 49.4. The van der Waals surface area contributed by atoms with Crippen molar-refractivity contribution in [3.63, 3.8) is 0 Å². The maximum Gasteiger partial charge on any atom is 0.312 e. The van der Waals surface area contributed by atoms with E-state index in [-0.39, 0.29) is 36.0 Å². The van der Waals surface area contributed by atoms with Crippen LogP contribution in [0.25, 0.3) is 0 Å². The standard InChI is InChI=1S/C19H26N2O6S/c1-11(15(23)20-2-3-21-14(22)9-28-17(21)25)27-16(24)18-5-12-4-13(6-18)8-19(26,7-12)10-18/h11-13,26H,2-10H2,1H3,(H,20,23)/t11-,12+,13+,18?,19?/m0/s1. The molecule has 0 radical (unpaired) electrons. The Balaban J connectivity index is 1.29. The summed E-state index contributed by atoms with van der Waals surface area (Å²) < 4.78 is 5.49. The summed E-state index contributed by atoms with van der Waals surface area (Å²) in [6.07, 6.45) is 3.53. The first-order valence-electron chi connectivity index (χ1n) is 9.88. The Kier molecular flexibility index (Phi) is 4.94. The number of aliphatic hydroxyl groups is 1. The predicted molar refractivity (Wildman–Crippen MR) is 100 cm³/mol. The van der Waals surface area contributed by atoms with Gasteiger partial charge in [-0.15, -0.1) is 0 Å². The molecule has 1 aliphatic heterocycles. The quantitative estimate of drug-likeness (QED) is 0.630. The van der Waals surface area contributed by atoms with Crippen molar-refractivity contribution in [2.45, 2.75) is 57.2 Å². The molecule has 5 fully saturated rings. The third-order valence-corrected chi connectivity index (χ3v) is 7.45. The largest absolute Gasteiger partial charge is 0.452 e. The number of esters is 1. The van der Waals surface area contributed by atoms with Crippen LogP contribution in [0.1, 0.15) is 45.4 Å². The van der Waals surface area contributed by atoms with E-state index in [0.29, 0.717) is 18.3 Å². The Morgan fingerprint density at radius 3 is 2.54 bits per heavy atom. The third-order valence-electron chi connectivity index (χ3n) is 6.59. The van der Waals surface area contributed by atoms with E-state index in [1.807, 2.05) is 0 Å². The summed E-state index contributed by atoms with van der Waals surface area (Å²) in [5, 5.41) is 13.1. The molecule has 28 heavy (non-hydrogen) atoms. The Morgan fingerprint density at radius 2 is 1.96 bits per heavy atom. The second-order valence-electron chi connectivity index (χ2n) is 8.90. The molecule has 0 aromatic carbocycles. The fourth-order valence-electron chi connectivity index (χ4n) is 5.82. The van der Waals surface area contributed by atoms with Crippen molar-refractivity contribution in [1.82, 2.24) is 10.2 Å². The lowest BCUT2D eigenvalue weighted by molar-refractivity contribution is -0.200. The normalized spacial score (nSPS) is 37.3. The molecule has 5 rings (SSSR count). The average molecular weight is 410 g/mol. The van der Waals surface area contributed by atoms with Crippen molar-refractivity contribution >= 4 is 34.8 Å². The van der Waals surface area contributed by atoms with Crippen LogP contribution < -0.4 is 5.32 Å². The van der Waals surface area contributed by atoms with Gasteiger partial charge < -0.3 is 15.2 Å². The number of nitrogens with one attached hydrogen (secondary N) is 1. The minimum atomic E-state index is -0.963. The number of rotatable bonds is 6. The van der Waals surface area contributed by atoms with E-state index in [1.54, 1.807) is 0 Å². The number of hydrogen-bond acceptors (Lipinski definition) is 7. The highest BCUT2D eigenvalue weighted by atomic mass is 32.2. The van der Waals surface area contributed by atoms with Crippen molar-refractivity contribution in [1.29, 1.82) is 0 Å². The van der Waals surface area contributed by atoms with Crippen LogP contribution >= 0.6 is 11.8 Å². The molecule has 0 aromatic rings. The fraction of sp³-hybridized carbons (Fsp3) is 0.789. The number of ether oxygens (including phenoxy) is 1. The number of hydrogen-bond donors (Lipinski definition) is 2. The summed E-state index contributed by atoms with van der Waals surface area (Å²) in [5.74, 6) is -0.249. The van der Waals surface area contributed by atoms with Gasteiger partial charge in [0.2, 0.25) is 5.91 Å². The summed E-state index contributed by atoms with van der Waals surface area (Å²) in [7, 11) is 0. The minimum absolute atomic E-state index is 0.109. The van der Waals surface area contributed by atoms with Gasteiger partial charge in [0.25, 0.3) is 11.1 Å². The van der Waals surface area contributed by atoms with Gasteiger partial charge in [-0.2, -0.15) is 0 Å². The second-order valence-corrected chi connectivity index (χ2v) is 9.83. The molecule has 8 nitrogen and oxygen atoms in total. The van der Waals surface area contributed by atoms with Crippen molar-refractivity contribution in [3.8, 4) is 0 Å². The van der Waals surface area contributed by atoms with E-state index in [2.05, 4.69) is 5.32 Å². The maximum atomic E-state index is 12.9. The number of amides is 3. The number of imide groups is 1. The lowest BCUT2D eigenvalue weighted by Crippen LogP contribution is -2.59. The van der Waals surface area contributed by atoms with Crippen molar-refractivity contribution in [2.24, 2.45) is 17.3 Å². The molecule has 4 bridgehead atoms. The first-order chi connectivity index (χ1) is 13.2. The number of nitrogens with zero attached hydrogens (tertiary/aromatic N) is 1. The molecule has 5 aliphatic rings. The molecule has 4 aliphatic carbocycles. The average Bonchev–Trinajstić information content (AvgIpc) is 2.91. The molecule has 9 heteroatoms. The Labute approximate surface area is 167 Å². The number of carbonyl (C=O) groups is 4. The smallest absolute Gasteiger partial charge is 0.312 e. The van der Waals surface area contributed by atoms with Gasteiger partial charge in [0.1, 0.15) is 0 Å². The molecule has 2 N–H and O–H groups in total. The van der Waals surface area contributed by atoms with E-state index in [1.165, 1.54) is 6.92 Å². The van der Waals surface area contributed by atoms with Crippen LogP contribution in [-0.2, 0) is 19.1 Å². The topological polar surface area (TPSA) is 113 Å². The molecule has 1 heterocycles. The van der Waals surface area contributed by atoms with Crippen LogP contribution in [-0.4, -0.2) is 63.6 Å².